The lowest BCUT2D eigenvalue weighted by atomic mass is 10.1. The largest absolute Gasteiger partial charge is 0.389 e. The number of anilines is 1. The summed E-state index contributed by atoms with van der Waals surface area (Å²) < 4.78 is 0. The lowest BCUT2D eigenvalue weighted by molar-refractivity contribution is 0.595. The molecule has 0 fully saturated rings. The fourth-order valence-electron chi connectivity index (χ4n) is 2.26. The van der Waals surface area contributed by atoms with Crippen molar-refractivity contribution in [3.05, 3.63) is 29.3 Å². The number of aryl methyl sites for hydroxylation is 1. The van der Waals surface area contributed by atoms with Crippen LogP contribution in [0.15, 0.2) is 18.2 Å². The molecule has 0 aliphatic heterocycles. The fraction of sp³-hybridized carbons (Fsp3) is 0.562. The smallest absolute Gasteiger partial charge is 0.104 e. The zero-order valence-electron chi connectivity index (χ0n) is 12.6. The van der Waals surface area contributed by atoms with Crippen molar-refractivity contribution < 1.29 is 0 Å². The molecule has 1 aromatic carbocycles. The Morgan fingerprint density at radius 3 is 2.53 bits per heavy atom. The van der Waals surface area contributed by atoms with E-state index in [9.17, 15) is 0 Å². The van der Waals surface area contributed by atoms with Gasteiger partial charge in [0.1, 0.15) is 4.99 Å². The Morgan fingerprint density at radius 1 is 1.37 bits per heavy atom. The van der Waals surface area contributed by atoms with Gasteiger partial charge in [-0.2, -0.15) is 0 Å². The summed E-state index contributed by atoms with van der Waals surface area (Å²) in [7, 11) is 0. The molecule has 0 aliphatic carbocycles. The van der Waals surface area contributed by atoms with Crippen LogP contribution in [0, 0.1) is 6.92 Å². The van der Waals surface area contributed by atoms with Gasteiger partial charge in [0, 0.05) is 23.8 Å². The third-order valence-electron chi connectivity index (χ3n) is 3.68. The lowest BCUT2D eigenvalue weighted by Gasteiger charge is -2.31. The molecule has 0 aliphatic rings. The summed E-state index contributed by atoms with van der Waals surface area (Å²) in [5, 5.41) is 0. The molecule has 1 unspecified atom stereocenters. The molecule has 1 atom stereocenters. The normalized spacial score (nSPS) is 12.2. The summed E-state index contributed by atoms with van der Waals surface area (Å²) in [6.07, 6.45) is 3.59. The SMILES string of the molecule is CCCCN(c1ccc(C(N)=S)c(C)c1)C(C)CC. The van der Waals surface area contributed by atoms with Crippen LogP contribution < -0.4 is 10.6 Å². The third kappa shape index (κ3) is 4.20. The van der Waals surface area contributed by atoms with Crippen molar-refractivity contribution in [1.82, 2.24) is 0 Å². The average Bonchev–Trinajstić information content (AvgIpc) is 2.38. The monoisotopic (exact) mass is 278 g/mol. The van der Waals surface area contributed by atoms with Gasteiger partial charge in [0.05, 0.1) is 0 Å². The van der Waals surface area contributed by atoms with Crippen LogP contribution in [0.3, 0.4) is 0 Å². The van der Waals surface area contributed by atoms with Crippen molar-refractivity contribution in [1.29, 1.82) is 0 Å². The Balaban J connectivity index is 3.02. The van der Waals surface area contributed by atoms with Gasteiger partial charge in [0.2, 0.25) is 0 Å². The standard InChI is InChI=1S/C16H26N2S/c1-5-7-10-18(13(4)6-2)14-8-9-15(16(17)19)12(3)11-14/h8-9,11,13H,5-7,10H2,1-4H3,(H2,17,19). The number of rotatable bonds is 7. The van der Waals surface area contributed by atoms with E-state index in [1.807, 2.05) is 6.07 Å². The van der Waals surface area contributed by atoms with E-state index in [4.69, 9.17) is 18.0 Å². The van der Waals surface area contributed by atoms with Gasteiger partial charge in [-0.1, -0.05) is 32.5 Å². The molecule has 0 radical (unpaired) electrons. The second-order valence-corrected chi connectivity index (χ2v) is 5.61. The molecule has 19 heavy (non-hydrogen) atoms. The summed E-state index contributed by atoms with van der Waals surface area (Å²) >= 11 is 5.07. The number of hydrogen-bond donors (Lipinski definition) is 1. The Hall–Kier alpha value is -1.09. The highest BCUT2D eigenvalue weighted by Crippen LogP contribution is 2.23. The van der Waals surface area contributed by atoms with Gasteiger partial charge in [-0.05, 0) is 50.5 Å². The molecular weight excluding hydrogens is 252 g/mol. The molecule has 0 aromatic heterocycles. The minimum Gasteiger partial charge on any atom is -0.389 e. The topological polar surface area (TPSA) is 29.3 Å². The average molecular weight is 278 g/mol. The molecular formula is C16H26N2S. The van der Waals surface area contributed by atoms with Crippen molar-refractivity contribution in [3.63, 3.8) is 0 Å². The van der Waals surface area contributed by atoms with Crippen molar-refractivity contribution in [2.75, 3.05) is 11.4 Å². The van der Waals surface area contributed by atoms with Gasteiger partial charge in [-0.3, -0.25) is 0 Å². The fourth-order valence-corrected chi connectivity index (χ4v) is 2.48. The lowest BCUT2D eigenvalue weighted by Crippen LogP contribution is -2.33. The summed E-state index contributed by atoms with van der Waals surface area (Å²) in [4.78, 5) is 2.97. The second kappa shape index (κ2) is 7.49. The van der Waals surface area contributed by atoms with E-state index in [-0.39, 0.29) is 0 Å². The van der Waals surface area contributed by atoms with E-state index in [1.54, 1.807) is 0 Å². The van der Waals surface area contributed by atoms with E-state index >= 15 is 0 Å². The van der Waals surface area contributed by atoms with Gasteiger partial charge >= 0.3 is 0 Å². The van der Waals surface area contributed by atoms with E-state index in [1.165, 1.54) is 18.5 Å². The summed E-state index contributed by atoms with van der Waals surface area (Å²) in [6.45, 7) is 9.94. The highest BCUT2D eigenvalue weighted by molar-refractivity contribution is 7.80. The molecule has 0 saturated carbocycles. The molecule has 1 rings (SSSR count). The van der Waals surface area contributed by atoms with Crippen LogP contribution in [0.4, 0.5) is 5.69 Å². The molecule has 3 heteroatoms. The molecule has 0 spiro atoms. The van der Waals surface area contributed by atoms with Crippen LogP contribution in [0.5, 0.6) is 0 Å². The van der Waals surface area contributed by atoms with Crippen LogP contribution in [0.25, 0.3) is 0 Å². The maximum atomic E-state index is 5.72. The van der Waals surface area contributed by atoms with Gasteiger partial charge < -0.3 is 10.6 Å². The zero-order chi connectivity index (χ0) is 14.4. The summed E-state index contributed by atoms with van der Waals surface area (Å²) in [5.41, 5.74) is 9.15. The molecule has 0 saturated heterocycles. The summed E-state index contributed by atoms with van der Waals surface area (Å²) in [6, 6.07) is 6.95. The van der Waals surface area contributed by atoms with Gasteiger partial charge in [-0.25, -0.2) is 0 Å². The van der Waals surface area contributed by atoms with E-state index in [0.29, 0.717) is 11.0 Å². The number of benzene rings is 1. The van der Waals surface area contributed by atoms with Crippen molar-refractivity contribution >= 4 is 22.9 Å². The van der Waals surface area contributed by atoms with E-state index in [2.05, 4.69) is 44.7 Å². The predicted octanol–water partition coefficient (Wildman–Crippen LogP) is 4.03. The number of unbranched alkanes of at least 4 members (excludes halogenated alkanes) is 1. The Bertz CT molecular complexity index is 429. The number of thiocarbonyl (C=S) groups is 1. The van der Waals surface area contributed by atoms with Crippen LogP contribution in [-0.2, 0) is 0 Å². The van der Waals surface area contributed by atoms with Crippen LogP contribution in [-0.4, -0.2) is 17.6 Å². The first-order valence-corrected chi connectivity index (χ1v) is 7.59. The predicted molar refractivity (Wildman–Crippen MR) is 89.1 cm³/mol. The molecule has 0 heterocycles. The van der Waals surface area contributed by atoms with Crippen molar-refractivity contribution in [3.8, 4) is 0 Å². The van der Waals surface area contributed by atoms with Crippen molar-refractivity contribution in [2.45, 2.75) is 53.0 Å². The van der Waals surface area contributed by atoms with Gasteiger partial charge in [-0.15, -0.1) is 0 Å². The maximum Gasteiger partial charge on any atom is 0.104 e. The zero-order valence-corrected chi connectivity index (χ0v) is 13.4. The minimum absolute atomic E-state index is 0.479. The first-order chi connectivity index (χ1) is 9.01. The summed E-state index contributed by atoms with van der Waals surface area (Å²) in [5.74, 6) is 0. The van der Waals surface area contributed by atoms with E-state index < -0.39 is 0 Å². The van der Waals surface area contributed by atoms with Gasteiger partial charge in [0.15, 0.2) is 0 Å². The van der Waals surface area contributed by atoms with Crippen LogP contribution in [0.1, 0.15) is 51.2 Å². The quantitative estimate of drug-likeness (QED) is 0.763. The van der Waals surface area contributed by atoms with E-state index in [0.717, 1.165) is 24.1 Å². The Kier molecular flexibility index (Phi) is 6.29. The molecule has 1 aromatic rings. The molecule has 2 nitrogen and oxygen atoms in total. The highest BCUT2D eigenvalue weighted by Gasteiger charge is 2.13. The van der Waals surface area contributed by atoms with Crippen LogP contribution >= 0.6 is 12.2 Å². The highest BCUT2D eigenvalue weighted by atomic mass is 32.1. The first-order valence-electron chi connectivity index (χ1n) is 7.18. The Labute approximate surface area is 123 Å². The molecule has 0 bridgehead atoms. The number of hydrogen-bond acceptors (Lipinski definition) is 2. The number of nitrogens with two attached hydrogens (primary N) is 1. The molecule has 0 amide bonds. The maximum absolute atomic E-state index is 5.72. The van der Waals surface area contributed by atoms with Crippen molar-refractivity contribution in [2.24, 2.45) is 5.73 Å². The third-order valence-corrected chi connectivity index (χ3v) is 3.90. The first kappa shape index (κ1) is 16.0. The second-order valence-electron chi connectivity index (χ2n) is 5.17. The molecule has 2 N–H and O–H groups in total. The Morgan fingerprint density at radius 2 is 2.05 bits per heavy atom. The number of nitrogens with zero attached hydrogens (tertiary/aromatic N) is 1. The minimum atomic E-state index is 0.479. The van der Waals surface area contributed by atoms with Crippen LogP contribution in [0.2, 0.25) is 0 Å². The van der Waals surface area contributed by atoms with Gasteiger partial charge in [0.25, 0.3) is 0 Å². The molecule has 106 valence electrons.